The molecule has 0 atom stereocenters. The van der Waals surface area contributed by atoms with Gasteiger partial charge in [0.15, 0.2) is 0 Å². The van der Waals surface area contributed by atoms with Crippen molar-refractivity contribution in [3.8, 4) is 17.1 Å². The SMILES string of the molecule is c1ccc(-c2cccc(-n3c4ccccc4c4ncc5sc6ccccc6c5c43)n2)cc1. The molecular weight excluding hydrogens is 410 g/mol. The highest BCUT2D eigenvalue weighted by atomic mass is 32.1. The van der Waals surface area contributed by atoms with Crippen LogP contribution in [0.5, 0.6) is 0 Å². The first-order chi connectivity index (χ1) is 15.9. The smallest absolute Gasteiger partial charge is 0.138 e. The Morgan fingerprint density at radius 1 is 0.656 bits per heavy atom. The minimum atomic E-state index is 0.905. The molecule has 0 spiro atoms. The van der Waals surface area contributed by atoms with E-state index in [1.54, 1.807) is 11.3 Å². The van der Waals surface area contributed by atoms with Crippen molar-refractivity contribution >= 4 is 53.4 Å². The van der Waals surface area contributed by atoms with Gasteiger partial charge in [-0.3, -0.25) is 9.55 Å². The maximum absolute atomic E-state index is 5.10. The molecule has 0 aliphatic carbocycles. The van der Waals surface area contributed by atoms with Crippen LogP contribution in [0.1, 0.15) is 0 Å². The fourth-order valence-electron chi connectivity index (χ4n) is 4.66. The summed E-state index contributed by atoms with van der Waals surface area (Å²) in [5, 5.41) is 3.66. The molecular formula is C28H17N3S. The average molecular weight is 428 g/mol. The van der Waals surface area contributed by atoms with Gasteiger partial charge >= 0.3 is 0 Å². The third-order valence-electron chi connectivity index (χ3n) is 6.05. The first-order valence-corrected chi connectivity index (χ1v) is 11.4. The minimum Gasteiger partial charge on any atom is -0.291 e. The summed E-state index contributed by atoms with van der Waals surface area (Å²) in [6.45, 7) is 0. The van der Waals surface area contributed by atoms with Gasteiger partial charge in [0.2, 0.25) is 0 Å². The molecule has 0 fully saturated rings. The summed E-state index contributed by atoms with van der Waals surface area (Å²) in [6.07, 6.45) is 2.02. The molecule has 0 unspecified atom stereocenters. The number of nitrogens with zero attached hydrogens (tertiary/aromatic N) is 3. The van der Waals surface area contributed by atoms with Gasteiger partial charge < -0.3 is 0 Å². The fourth-order valence-corrected chi connectivity index (χ4v) is 5.74. The summed E-state index contributed by atoms with van der Waals surface area (Å²) in [4.78, 5) is 10.0. The van der Waals surface area contributed by atoms with E-state index in [-0.39, 0.29) is 0 Å². The van der Waals surface area contributed by atoms with Gasteiger partial charge in [-0.15, -0.1) is 11.3 Å². The number of benzene rings is 3. The molecule has 0 aliphatic heterocycles. The molecule has 32 heavy (non-hydrogen) atoms. The number of para-hydroxylation sites is 1. The van der Waals surface area contributed by atoms with Gasteiger partial charge in [0.1, 0.15) is 5.82 Å². The maximum Gasteiger partial charge on any atom is 0.138 e. The van der Waals surface area contributed by atoms with Crippen molar-refractivity contribution in [1.29, 1.82) is 0 Å². The van der Waals surface area contributed by atoms with Crippen molar-refractivity contribution in [3.05, 3.63) is 103 Å². The fraction of sp³-hybridized carbons (Fsp3) is 0. The van der Waals surface area contributed by atoms with Crippen molar-refractivity contribution in [2.75, 3.05) is 0 Å². The molecule has 4 heterocycles. The minimum absolute atomic E-state index is 0.905. The van der Waals surface area contributed by atoms with E-state index in [0.29, 0.717) is 0 Å². The molecule has 7 rings (SSSR count). The van der Waals surface area contributed by atoms with Gasteiger partial charge in [0.25, 0.3) is 0 Å². The van der Waals surface area contributed by atoms with Crippen LogP contribution in [-0.4, -0.2) is 14.5 Å². The molecule has 0 aliphatic rings. The summed E-state index contributed by atoms with van der Waals surface area (Å²) in [5.74, 6) is 0.905. The second-order valence-electron chi connectivity index (χ2n) is 7.89. The molecule has 4 heteroatoms. The maximum atomic E-state index is 5.10. The molecule has 0 saturated carbocycles. The van der Waals surface area contributed by atoms with Crippen LogP contribution in [0, 0.1) is 0 Å². The molecule has 3 aromatic carbocycles. The zero-order valence-electron chi connectivity index (χ0n) is 17.1. The Kier molecular flexibility index (Phi) is 3.72. The molecule has 3 nitrogen and oxygen atoms in total. The van der Waals surface area contributed by atoms with Crippen LogP contribution in [0.4, 0.5) is 0 Å². The molecule has 4 aromatic heterocycles. The average Bonchev–Trinajstić information content (AvgIpc) is 3.40. The highest BCUT2D eigenvalue weighted by Gasteiger charge is 2.19. The second kappa shape index (κ2) is 6.74. The van der Waals surface area contributed by atoms with Crippen molar-refractivity contribution in [1.82, 2.24) is 14.5 Å². The van der Waals surface area contributed by atoms with E-state index in [1.165, 1.54) is 20.2 Å². The molecule has 0 N–H and O–H groups in total. The van der Waals surface area contributed by atoms with Gasteiger partial charge in [-0.1, -0.05) is 72.8 Å². The molecule has 0 radical (unpaired) electrons. The monoisotopic (exact) mass is 427 g/mol. The van der Waals surface area contributed by atoms with Crippen molar-refractivity contribution < 1.29 is 0 Å². The first-order valence-electron chi connectivity index (χ1n) is 10.6. The third-order valence-corrected chi connectivity index (χ3v) is 7.16. The summed E-state index contributed by atoms with van der Waals surface area (Å²) >= 11 is 1.79. The predicted molar refractivity (Wildman–Crippen MR) is 135 cm³/mol. The number of rotatable bonds is 2. The van der Waals surface area contributed by atoms with Crippen molar-refractivity contribution in [3.63, 3.8) is 0 Å². The Morgan fingerprint density at radius 3 is 2.34 bits per heavy atom. The zero-order valence-corrected chi connectivity index (χ0v) is 17.9. The van der Waals surface area contributed by atoms with E-state index in [1.807, 2.05) is 12.3 Å². The zero-order chi connectivity index (χ0) is 21.1. The second-order valence-corrected chi connectivity index (χ2v) is 8.98. The Hall–Kier alpha value is -4.02. The largest absolute Gasteiger partial charge is 0.291 e. The lowest BCUT2D eigenvalue weighted by Gasteiger charge is -2.10. The standard InChI is InChI=1S/C28H17N3S/c1-2-9-18(10-3-1)21-13-8-16-25(30-21)31-22-14-6-4-11-19(22)27-28(31)26-20-12-5-7-15-23(20)32-24(26)17-29-27/h1-17H. The van der Waals surface area contributed by atoms with Crippen molar-refractivity contribution in [2.24, 2.45) is 0 Å². The van der Waals surface area contributed by atoms with Crippen LogP contribution < -0.4 is 0 Å². The molecule has 0 amide bonds. The first kappa shape index (κ1) is 17.6. The Labute approximate surface area is 188 Å². The third kappa shape index (κ3) is 2.47. The van der Waals surface area contributed by atoms with Crippen LogP contribution in [-0.2, 0) is 0 Å². The lowest BCUT2D eigenvalue weighted by Crippen LogP contribution is -1.99. The van der Waals surface area contributed by atoms with Crippen molar-refractivity contribution in [2.45, 2.75) is 0 Å². The quantitative estimate of drug-likeness (QED) is 0.284. The number of hydrogen-bond acceptors (Lipinski definition) is 3. The highest BCUT2D eigenvalue weighted by Crippen LogP contribution is 2.41. The van der Waals surface area contributed by atoms with E-state index < -0.39 is 0 Å². The van der Waals surface area contributed by atoms with Gasteiger partial charge in [0.05, 0.1) is 26.9 Å². The Balaban J connectivity index is 1.65. The van der Waals surface area contributed by atoms with Crippen LogP contribution in [0.2, 0.25) is 0 Å². The van der Waals surface area contributed by atoms with Crippen LogP contribution in [0.15, 0.2) is 103 Å². The van der Waals surface area contributed by atoms with E-state index in [2.05, 4.69) is 95.6 Å². The van der Waals surface area contributed by atoms with Gasteiger partial charge in [0, 0.05) is 32.6 Å². The number of thiophene rings is 1. The summed E-state index contributed by atoms with van der Waals surface area (Å²) < 4.78 is 4.76. The van der Waals surface area contributed by atoms with Gasteiger partial charge in [-0.05, 0) is 24.3 Å². The van der Waals surface area contributed by atoms with E-state index in [4.69, 9.17) is 9.97 Å². The summed E-state index contributed by atoms with van der Waals surface area (Å²) in [6, 6.07) is 33.7. The normalized spacial score (nSPS) is 11.8. The molecule has 0 bridgehead atoms. The predicted octanol–water partition coefficient (Wildman–Crippen LogP) is 7.61. The number of hydrogen-bond donors (Lipinski definition) is 0. The molecule has 150 valence electrons. The van der Waals surface area contributed by atoms with Crippen LogP contribution in [0.25, 0.3) is 59.2 Å². The van der Waals surface area contributed by atoms with E-state index in [0.717, 1.165) is 39.0 Å². The Bertz CT molecular complexity index is 1780. The summed E-state index contributed by atoms with van der Waals surface area (Å²) in [7, 11) is 0. The molecule has 0 saturated heterocycles. The molecule has 7 aromatic rings. The number of aromatic nitrogens is 3. The van der Waals surface area contributed by atoms with Gasteiger partial charge in [-0.2, -0.15) is 0 Å². The lowest BCUT2D eigenvalue weighted by atomic mass is 10.1. The topological polar surface area (TPSA) is 30.7 Å². The van der Waals surface area contributed by atoms with Gasteiger partial charge in [-0.25, -0.2) is 4.98 Å². The van der Waals surface area contributed by atoms with Crippen LogP contribution in [0.3, 0.4) is 0 Å². The van der Waals surface area contributed by atoms with E-state index in [9.17, 15) is 0 Å². The number of fused-ring (bicyclic) bond motifs is 7. The Morgan fingerprint density at radius 2 is 1.44 bits per heavy atom. The van der Waals surface area contributed by atoms with E-state index >= 15 is 0 Å². The highest BCUT2D eigenvalue weighted by molar-refractivity contribution is 7.26. The lowest BCUT2D eigenvalue weighted by molar-refractivity contribution is 1.09. The van der Waals surface area contributed by atoms with Crippen LogP contribution >= 0.6 is 11.3 Å². The number of pyridine rings is 2. The summed E-state index contributed by atoms with van der Waals surface area (Å²) in [5.41, 5.74) is 5.33.